The van der Waals surface area contributed by atoms with E-state index >= 15 is 0 Å². The van der Waals surface area contributed by atoms with E-state index in [4.69, 9.17) is 10.00 Å². The summed E-state index contributed by atoms with van der Waals surface area (Å²) in [7, 11) is 0. The van der Waals surface area contributed by atoms with Gasteiger partial charge in [-0.3, -0.25) is 0 Å². The molecule has 15 heavy (non-hydrogen) atoms. The van der Waals surface area contributed by atoms with Gasteiger partial charge in [-0.05, 0) is 46.1 Å². The van der Waals surface area contributed by atoms with Crippen molar-refractivity contribution in [1.29, 1.82) is 5.26 Å². The van der Waals surface area contributed by atoms with Crippen molar-refractivity contribution < 1.29 is 4.74 Å². The Morgan fingerprint density at radius 2 is 2.27 bits per heavy atom. The average molecular weight is 210 g/mol. The second kappa shape index (κ2) is 6.09. The molecule has 1 rings (SSSR count). The average Bonchev–Trinajstić information content (AvgIpc) is 2.70. The molecule has 0 radical (unpaired) electrons. The summed E-state index contributed by atoms with van der Waals surface area (Å²) in [6, 6.07) is 2.32. The van der Waals surface area contributed by atoms with Gasteiger partial charge in [0.25, 0.3) is 0 Å². The Balaban J connectivity index is 1.95. The molecule has 0 saturated carbocycles. The summed E-state index contributed by atoms with van der Waals surface area (Å²) in [5.41, 5.74) is -0.172. The third-order valence-electron chi connectivity index (χ3n) is 2.87. The summed E-state index contributed by atoms with van der Waals surface area (Å²) in [4.78, 5) is 0. The van der Waals surface area contributed by atoms with E-state index in [0.717, 1.165) is 45.4 Å². The first-order chi connectivity index (χ1) is 7.14. The monoisotopic (exact) mass is 210 g/mol. The molecular formula is C12H22N2O. The van der Waals surface area contributed by atoms with Gasteiger partial charge in [-0.15, -0.1) is 0 Å². The van der Waals surface area contributed by atoms with E-state index < -0.39 is 0 Å². The Kier molecular flexibility index (Phi) is 5.07. The van der Waals surface area contributed by atoms with Gasteiger partial charge in [0.05, 0.1) is 17.6 Å². The number of nitriles is 1. The molecule has 3 nitrogen and oxygen atoms in total. The second-order valence-electron chi connectivity index (χ2n) is 4.94. The summed E-state index contributed by atoms with van der Waals surface area (Å²) in [5, 5.41) is 12.1. The Labute approximate surface area is 92.8 Å². The summed E-state index contributed by atoms with van der Waals surface area (Å²) in [6.07, 6.45) is 4.69. The normalized spacial score (nSPS) is 21.5. The lowest BCUT2D eigenvalue weighted by atomic mass is 9.89. The highest BCUT2D eigenvalue weighted by Gasteiger charge is 2.16. The van der Waals surface area contributed by atoms with Crippen LogP contribution in [0.25, 0.3) is 0 Å². The zero-order valence-corrected chi connectivity index (χ0v) is 9.88. The van der Waals surface area contributed by atoms with Crippen molar-refractivity contribution >= 4 is 0 Å². The van der Waals surface area contributed by atoms with Gasteiger partial charge < -0.3 is 10.1 Å². The van der Waals surface area contributed by atoms with E-state index in [1.165, 1.54) is 0 Å². The van der Waals surface area contributed by atoms with Crippen molar-refractivity contribution in [1.82, 2.24) is 5.32 Å². The van der Waals surface area contributed by atoms with Gasteiger partial charge in [0.1, 0.15) is 0 Å². The lowest BCUT2D eigenvalue weighted by molar-refractivity contribution is 0.0634. The van der Waals surface area contributed by atoms with E-state index in [1.54, 1.807) is 0 Å². The van der Waals surface area contributed by atoms with Crippen molar-refractivity contribution in [2.45, 2.75) is 45.6 Å². The molecule has 0 amide bonds. The molecule has 0 aromatic heterocycles. The first kappa shape index (κ1) is 12.5. The maximum Gasteiger partial charge on any atom is 0.0711 e. The largest absolute Gasteiger partial charge is 0.377 e. The summed E-state index contributed by atoms with van der Waals surface area (Å²) in [6.45, 7) is 6.92. The SMILES string of the molecule is CC(C)(C#N)CCCCOC1CCNC1. The quantitative estimate of drug-likeness (QED) is 0.683. The van der Waals surface area contributed by atoms with Crippen molar-refractivity contribution in [2.75, 3.05) is 19.7 Å². The van der Waals surface area contributed by atoms with Gasteiger partial charge >= 0.3 is 0 Å². The minimum absolute atomic E-state index is 0.172. The molecule has 1 fully saturated rings. The summed E-state index contributed by atoms with van der Waals surface area (Å²) in [5.74, 6) is 0. The van der Waals surface area contributed by atoms with Gasteiger partial charge in [0, 0.05) is 13.2 Å². The van der Waals surface area contributed by atoms with Crippen molar-refractivity contribution in [2.24, 2.45) is 5.41 Å². The smallest absolute Gasteiger partial charge is 0.0711 e. The Bertz CT molecular complexity index is 214. The lowest BCUT2D eigenvalue weighted by Gasteiger charge is -2.15. The van der Waals surface area contributed by atoms with Crippen molar-refractivity contribution in [3.05, 3.63) is 0 Å². The molecular weight excluding hydrogens is 188 g/mol. The van der Waals surface area contributed by atoms with Crippen LogP contribution in [-0.4, -0.2) is 25.8 Å². The molecule has 1 saturated heterocycles. The second-order valence-corrected chi connectivity index (χ2v) is 4.94. The molecule has 1 aliphatic rings. The van der Waals surface area contributed by atoms with Crippen LogP contribution in [-0.2, 0) is 4.74 Å². The topological polar surface area (TPSA) is 45.0 Å². The predicted octanol–water partition coefficient (Wildman–Crippen LogP) is 2.08. The van der Waals surface area contributed by atoms with Crippen LogP contribution in [0.5, 0.6) is 0 Å². The Morgan fingerprint density at radius 3 is 2.87 bits per heavy atom. The zero-order valence-electron chi connectivity index (χ0n) is 9.88. The number of hydrogen-bond acceptors (Lipinski definition) is 3. The number of nitrogens with zero attached hydrogens (tertiary/aromatic N) is 1. The van der Waals surface area contributed by atoms with Crippen LogP contribution in [0.15, 0.2) is 0 Å². The highest BCUT2D eigenvalue weighted by Crippen LogP contribution is 2.21. The van der Waals surface area contributed by atoms with Gasteiger partial charge in [-0.25, -0.2) is 0 Å². The maximum atomic E-state index is 8.83. The molecule has 0 bridgehead atoms. The lowest BCUT2D eigenvalue weighted by Crippen LogP contribution is -2.17. The number of hydrogen-bond donors (Lipinski definition) is 1. The van der Waals surface area contributed by atoms with E-state index in [2.05, 4.69) is 11.4 Å². The van der Waals surface area contributed by atoms with Crippen LogP contribution in [0.2, 0.25) is 0 Å². The fraction of sp³-hybridized carbons (Fsp3) is 0.917. The molecule has 0 aliphatic carbocycles. The highest BCUT2D eigenvalue weighted by atomic mass is 16.5. The molecule has 1 heterocycles. The van der Waals surface area contributed by atoms with Crippen LogP contribution in [0, 0.1) is 16.7 Å². The number of nitrogens with one attached hydrogen (secondary N) is 1. The van der Waals surface area contributed by atoms with E-state index in [9.17, 15) is 0 Å². The van der Waals surface area contributed by atoms with Gasteiger partial charge in [0.15, 0.2) is 0 Å². The molecule has 0 aromatic rings. The molecule has 1 N–H and O–H groups in total. The number of rotatable bonds is 6. The first-order valence-corrected chi connectivity index (χ1v) is 5.88. The number of ether oxygens (including phenoxy) is 1. The fourth-order valence-corrected chi connectivity index (χ4v) is 1.75. The van der Waals surface area contributed by atoms with E-state index in [-0.39, 0.29) is 5.41 Å². The van der Waals surface area contributed by atoms with Crippen LogP contribution in [0.1, 0.15) is 39.5 Å². The summed E-state index contributed by atoms with van der Waals surface area (Å²) >= 11 is 0. The standard InChI is InChI=1S/C12H22N2O/c1-12(2,10-13)6-3-4-8-15-11-5-7-14-9-11/h11,14H,3-9H2,1-2H3. The Hall–Kier alpha value is -0.590. The van der Waals surface area contributed by atoms with Gasteiger partial charge in [-0.1, -0.05) is 0 Å². The fourth-order valence-electron chi connectivity index (χ4n) is 1.75. The number of unbranched alkanes of at least 4 members (excludes halogenated alkanes) is 1. The van der Waals surface area contributed by atoms with Crippen LogP contribution < -0.4 is 5.32 Å². The molecule has 86 valence electrons. The maximum absolute atomic E-state index is 8.83. The molecule has 0 spiro atoms. The minimum Gasteiger partial charge on any atom is -0.377 e. The van der Waals surface area contributed by atoms with Gasteiger partial charge in [0.2, 0.25) is 0 Å². The summed E-state index contributed by atoms with van der Waals surface area (Å²) < 4.78 is 5.71. The minimum atomic E-state index is -0.172. The highest BCUT2D eigenvalue weighted by molar-refractivity contribution is 4.91. The van der Waals surface area contributed by atoms with Crippen LogP contribution in [0.4, 0.5) is 0 Å². The third-order valence-corrected chi connectivity index (χ3v) is 2.87. The molecule has 1 atom stereocenters. The molecule has 0 aromatic carbocycles. The van der Waals surface area contributed by atoms with Gasteiger partial charge in [-0.2, -0.15) is 5.26 Å². The molecule has 1 unspecified atom stereocenters. The van der Waals surface area contributed by atoms with Crippen molar-refractivity contribution in [3.63, 3.8) is 0 Å². The third kappa shape index (κ3) is 5.15. The first-order valence-electron chi connectivity index (χ1n) is 5.88. The van der Waals surface area contributed by atoms with Crippen molar-refractivity contribution in [3.8, 4) is 6.07 Å². The van der Waals surface area contributed by atoms with Crippen LogP contribution in [0.3, 0.4) is 0 Å². The molecule has 1 aliphatic heterocycles. The van der Waals surface area contributed by atoms with Crippen LogP contribution >= 0.6 is 0 Å². The predicted molar refractivity (Wildman–Crippen MR) is 60.5 cm³/mol. The zero-order chi connectivity index (χ0) is 11.1. The van der Waals surface area contributed by atoms with E-state index in [1.807, 2.05) is 13.8 Å². The van der Waals surface area contributed by atoms with E-state index in [0.29, 0.717) is 6.10 Å². The Morgan fingerprint density at radius 1 is 1.47 bits per heavy atom. The molecule has 3 heteroatoms.